The number of fused-ring (bicyclic) bond motifs is 1. The van der Waals surface area contributed by atoms with E-state index in [4.69, 9.17) is 9.15 Å². The molecule has 148 valence electrons. The molecule has 0 bridgehead atoms. The third-order valence-electron chi connectivity index (χ3n) is 4.55. The van der Waals surface area contributed by atoms with Crippen LogP contribution in [0.15, 0.2) is 51.3 Å². The first-order valence-corrected chi connectivity index (χ1v) is 10.7. The van der Waals surface area contributed by atoms with Gasteiger partial charge in [0, 0.05) is 35.8 Å². The van der Waals surface area contributed by atoms with Crippen molar-refractivity contribution in [2.24, 2.45) is 0 Å². The van der Waals surface area contributed by atoms with Crippen molar-refractivity contribution < 1.29 is 18.5 Å². The summed E-state index contributed by atoms with van der Waals surface area (Å²) in [6.07, 6.45) is 1.65. The summed E-state index contributed by atoms with van der Waals surface area (Å²) in [6.45, 7) is 3.82. The van der Waals surface area contributed by atoms with E-state index in [1.165, 1.54) is 23.9 Å². The molecule has 0 atom stereocenters. The Labute approximate surface area is 173 Å². The van der Waals surface area contributed by atoms with Crippen molar-refractivity contribution in [2.45, 2.75) is 16.8 Å². The lowest BCUT2D eigenvalue weighted by Crippen LogP contribution is -2.35. The minimum absolute atomic E-state index is 0.248. The van der Waals surface area contributed by atoms with Gasteiger partial charge in [-0.2, -0.15) is 0 Å². The van der Waals surface area contributed by atoms with Crippen LogP contribution in [0, 0.1) is 5.82 Å². The lowest BCUT2D eigenvalue weighted by atomic mass is 10.2. The Morgan fingerprint density at radius 1 is 1.17 bits per heavy atom. The summed E-state index contributed by atoms with van der Waals surface area (Å²) in [5.41, 5.74) is 1.82. The van der Waals surface area contributed by atoms with E-state index in [1.54, 1.807) is 29.8 Å². The van der Waals surface area contributed by atoms with Crippen LogP contribution in [0.25, 0.3) is 20.7 Å². The van der Waals surface area contributed by atoms with Crippen LogP contribution in [0.4, 0.5) is 4.39 Å². The zero-order valence-electron chi connectivity index (χ0n) is 15.3. The highest BCUT2D eigenvalue weighted by atomic mass is 32.2. The van der Waals surface area contributed by atoms with Crippen molar-refractivity contribution >= 4 is 33.3 Å². The average Bonchev–Trinajstić information content (AvgIpc) is 3.37. The molecule has 1 aromatic carbocycles. The number of aromatic nitrogens is 4. The Hall–Kier alpha value is -2.40. The first-order chi connectivity index (χ1) is 14.2. The molecule has 7 nitrogen and oxygen atoms in total. The van der Waals surface area contributed by atoms with Crippen molar-refractivity contribution in [1.82, 2.24) is 20.1 Å². The van der Waals surface area contributed by atoms with E-state index >= 15 is 0 Å². The smallest absolute Gasteiger partial charge is 0.285 e. The first-order valence-electron chi connectivity index (χ1n) is 9.11. The number of H-pyrrole nitrogens is 1. The molecule has 1 saturated heterocycles. The van der Waals surface area contributed by atoms with Crippen molar-refractivity contribution in [1.29, 1.82) is 0 Å². The van der Waals surface area contributed by atoms with Crippen LogP contribution < -0.4 is 4.98 Å². The van der Waals surface area contributed by atoms with E-state index < -0.39 is 0 Å². The predicted molar refractivity (Wildman–Crippen MR) is 106 cm³/mol. The molecule has 0 amide bonds. The second kappa shape index (κ2) is 8.15. The molecule has 0 radical (unpaired) electrons. The van der Waals surface area contributed by atoms with E-state index in [0.29, 0.717) is 17.7 Å². The molecule has 1 aliphatic heterocycles. The van der Waals surface area contributed by atoms with Gasteiger partial charge in [-0.15, -0.1) is 21.5 Å². The van der Waals surface area contributed by atoms with Crippen LogP contribution in [-0.2, 0) is 11.3 Å². The second-order valence-corrected chi connectivity index (χ2v) is 8.53. The standard InChI is InChI=1S/C19H16FN5O2S2/c20-13-3-1-12(2-4-13)15-9-14-17(28-15)18(22-11-21-14)29-19-24-23-16(27-19)10-25-5-7-26-8-6-25/h1-4,9,11H,5-8,10H2/p+1. The van der Waals surface area contributed by atoms with Crippen LogP contribution in [-0.4, -0.2) is 46.4 Å². The largest absolute Gasteiger partial charge is 0.414 e. The lowest BCUT2D eigenvalue weighted by Gasteiger charge is -2.24. The second-order valence-electron chi connectivity index (χ2n) is 6.52. The lowest BCUT2D eigenvalue weighted by molar-refractivity contribution is -0.427. The zero-order valence-corrected chi connectivity index (χ0v) is 16.9. The van der Waals surface area contributed by atoms with Gasteiger partial charge < -0.3 is 9.15 Å². The number of nitrogens with one attached hydrogen (secondary N) is 1. The Kier molecular flexibility index (Phi) is 5.23. The van der Waals surface area contributed by atoms with Gasteiger partial charge >= 0.3 is 0 Å². The predicted octanol–water partition coefficient (Wildman–Crippen LogP) is 3.28. The van der Waals surface area contributed by atoms with Crippen molar-refractivity contribution in [2.75, 3.05) is 26.3 Å². The molecular weight excluding hydrogens is 413 g/mol. The van der Waals surface area contributed by atoms with Gasteiger partial charge in [-0.3, -0.25) is 4.90 Å². The van der Waals surface area contributed by atoms with E-state index in [2.05, 4.69) is 25.1 Å². The summed E-state index contributed by atoms with van der Waals surface area (Å²) in [5, 5.41) is 9.70. The minimum Gasteiger partial charge on any atom is -0.414 e. The number of ether oxygens (including phenoxy) is 1. The molecule has 4 aromatic rings. The van der Waals surface area contributed by atoms with Crippen LogP contribution in [0.1, 0.15) is 5.89 Å². The molecule has 1 fully saturated rings. The fraction of sp³-hybridized carbons (Fsp3) is 0.263. The van der Waals surface area contributed by atoms with Gasteiger partial charge in [-0.1, -0.05) is 12.1 Å². The van der Waals surface area contributed by atoms with Crippen molar-refractivity contribution in [3.63, 3.8) is 0 Å². The molecule has 5 rings (SSSR count). The Balaban J connectivity index is 1.37. The molecule has 3 aromatic heterocycles. The van der Waals surface area contributed by atoms with Gasteiger partial charge in [-0.05, 0) is 22.7 Å². The third-order valence-corrected chi connectivity index (χ3v) is 6.73. The van der Waals surface area contributed by atoms with E-state index in [0.717, 1.165) is 52.0 Å². The topological polar surface area (TPSA) is 78.4 Å². The normalized spacial score (nSPS) is 15.2. The maximum Gasteiger partial charge on any atom is 0.285 e. The van der Waals surface area contributed by atoms with Gasteiger partial charge in [0.05, 0.1) is 19.8 Å². The van der Waals surface area contributed by atoms with Crippen LogP contribution in [0.3, 0.4) is 0 Å². The highest BCUT2D eigenvalue weighted by Gasteiger charge is 2.20. The molecule has 10 heteroatoms. The summed E-state index contributed by atoms with van der Waals surface area (Å²) in [4.78, 5) is 10.8. The first kappa shape index (κ1) is 18.6. The van der Waals surface area contributed by atoms with Crippen molar-refractivity contribution in [3.05, 3.63) is 48.4 Å². The fourth-order valence-electron chi connectivity index (χ4n) is 3.08. The molecular formula is C19H17FN5O2S2+. The quantitative estimate of drug-likeness (QED) is 0.450. The highest BCUT2D eigenvalue weighted by molar-refractivity contribution is 7.99. The Morgan fingerprint density at radius 3 is 2.83 bits per heavy atom. The zero-order chi connectivity index (χ0) is 19.6. The fourth-order valence-corrected chi connectivity index (χ4v) is 5.04. The maximum absolute atomic E-state index is 13.2. The van der Waals surface area contributed by atoms with Gasteiger partial charge in [0.1, 0.15) is 10.5 Å². The van der Waals surface area contributed by atoms with Gasteiger partial charge in [0.25, 0.3) is 11.6 Å². The summed E-state index contributed by atoms with van der Waals surface area (Å²) >= 11 is 2.97. The number of thiophene rings is 1. The van der Waals surface area contributed by atoms with Crippen LogP contribution in [0.5, 0.6) is 0 Å². The molecule has 29 heavy (non-hydrogen) atoms. The summed E-state index contributed by atoms with van der Waals surface area (Å²) in [5.74, 6) is 0.347. The van der Waals surface area contributed by atoms with Gasteiger partial charge in [-0.25, -0.2) is 9.37 Å². The molecule has 0 aliphatic carbocycles. The Bertz CT molecular complexity index is 1130. The van der Waals surface area contributed by atoms with E-state index in [9.17, 15) is 4.39 Å². The number of nitrogens with zero attached hydrogens (tertiary/aromatic N) is 4. The molecule has 0 spiro atoms. The third kappa shape index (κ3) is 4.15. The average molecular weight is 431 g/mol. The summed E-state index contributed by atoms with van der Waals surface area (Å²) in [7, 11) is 0. The number of hydrogen-bond acceptors (Lipinski definition) is 8. The number of aromatic amines is 1. The SMILES string of the molecule is Fc1ccc(-c2cc3nc[nH+]c(Sc4nnc(CN5CCOCC5)o4)c3s2)cc1. The number of halogens is 1. The Morgan fingerprint density at radius 2 is 2.00 bits per heavy atom. The maximum atomic E-state index is 13.2. The van der Waals surface area contributed by atoms with E-state index in [1.807, 2.05) is 6.07 Å². The van der Waals surface area contributed by atoms with E-state index in [-0.39, 0.29) is 5.82 Å². The van der Waals surface area contributed by atoms with Crippen LogP contribution in [0.2, 0.25) is 0 Å². The van der Waals surface area contributed by atoms with Crippen LogP contribution >= 0.6 is 23.1 Å². The molecule has 1 aliphatic rings. The van der Waals surface area contributed by atoms with Gasteiger partial charge in [0.15, 0.2) is 10.5 Å². The van der Waals surface area contributed by atoms with Gasteiger partial charge in [0.2, 0.25) is 5.89 Å². The number of benzene rings is 1. The molecule has 0 saturated carbocycles. The highest BCUT2D eigenvalue weighted by Crippen LogP contribution is 2.37. The number of morpholine rings is 1. The summed E-state index contributed by atoms with van der Waals surface area (Å²) in [6, 6.07) is 8.47. The molecule has 1 N–H and O–H groups in total. The number of hydrogen-bond donors (Lipinski definition) is 0. The number of rotatable bonds is 5. The van der Waals surface area contributed by atoms with Crippen molar-refractivity contribution in [3.8, 4) is 10.4 Å². The molecule has 0 unspecified atom stereocenters. The minimum atomic E-state index is -0.248. The summed E-state index contributed by atoms with van der Waals surface area (Å²) < 4.78 is 25.4. The molecule has 4 heterocycles. The monoisotopic (exact) mass is 430 g/mol.